The first-order valence-electron chi connectivity index (χ1n) is 10.3. The summed E-state index contributed by atoms with van der Waals surface area (Å²) in [5, 5.41) is 20.8. The summed E-state index contributed by atoms with van der Waals surface area (Å²) < 4.78 is 1.90. The molecule has 0 aliphatic carbocycles. The highest BCUT2D eigenvalue weighted by atomic mass is 32.2. The van der Waals surface area contributed by atoms with Crippen LogP contribution in [0.3, 0.4) is 0 Å². The summed E-state index contributed by atoms with van der Waals surface area (Å²) in [6.45, 7) is 4.01. The second kappa shape index (κ2) is 9.57. The fraction of sp³-hybridized carbons (Fsp3) is 0.381. The molecule has 2 aromatic rings. The van der Waals surface area contributed by atoms with E-state index < -0.39 is 35.2 Å². The summed E-state index contributed by atoms with van der Waals surface area (Å²) in [6, 6.07) is 7.30. The van der Waals surface area contributed by atoms with Gasteiger partial charge in [0.2, 0.25) is 5.91 Å². The van der Waals surface area contributed by atoms with Gasteiger partial charge in [-0.3, -0.25) is 14.5 Å². The molecule has 2 aliphatic heterocycles. The van der Waals surface area contributed by atoms with Crippen LogP contribution >= 0.6 is 23.5 Å². The standard InChI is InChI=1S/C21H24N6O4S2/c1-11(2)26-10-23-25-21(26)33-9-13-8-32-19-15(18(29)27(19)16(13)20(30)31)24-17(28)14(22)12-6-4-3-5-7-12/h3-7,10-11,14-15,19H,8-9,22H2,1-2H3,(H,24,28)(H,30,31)/t14?,15?,19-/m0/s1. The topological polar surface area (TPSA) is 143 Å². The van der Waals surface area contributed by atoms with Crippen LogP contribution < -0.4 is 11.1 Å². The normalized spacial score (nSPS) is 21.0. The van der Waals surface area contributed by atoms with Gasteiger partial charge < -0.3 is 20.7 Å². The van der Waals surface area contributed by atoms with E-state index in [2.05, 4.69) is 15.5 Å². The maximum Gasteiger partial charge on any atom is 0.352 e. The number of nitrogens with zero attached hydrogens (tertiary/aromatic N) is 4. The van der Waals surface area contributed by atoms with E-state index in [0.29, 0.717) is 27.8 Å². The van der Waals surface area contributed by atoms with Gasteiger partial charge in [0.25, 0.3) is 5.91 Å². The van der Waals surface area contributed by atoms with Crippen molar-refractivity contribution in [2.24, 2.45) is 5.73 Å². The van der Waals surface area contributed by atoms with Crippen molar-refractivity contribution in [1.29, 1.82) is 0 Å². The molecule has 3 atom stereocenters. The molecule has 10 nitrogen and oxygen atoms in total. The number of aliphatic carboxylic acids is 1. The lowest BCUT2D eigenvalue weighted by atomic mass is 10.0. The maximum atomic E-state index is 12.9. The van der Waals surface area contributed by atoms with Crippen molar-refractivity contribution in [3.63, 3.8) is 0 Å². The zero-order chi connectivity index (χ0) is 23.7. The first kappa shape index (κ1) is 23.3. The number of hydrogen-bond donors (Lipinski definition) is 3. The van der Waals surface area contributed by atoms with Crippen LogP contribution in [0.1, 0.15) is 31.5 Å². The van der Waals surface area contributed by atoms with Gasteiger partial charge in [-0.1, -0.05) is 42.1 Å². The number of β-lactam (4-membered cyclic amide) rings is 1. The number of fused-ring (bicyclic) bond motifs is 1. The first-order chi connectivity index (χ1) is 15.8. The monoisotopic (exact) mass is 488 g/mol. The minimum absolute atomic E-state index is 0.0234. The van der Waals surface area contributed by atoms with Crippen LogP contribution in [0.5, 0.6) is 0 Å². The Balaban J connectivity index is 1.46. The average molecular weight is 489 g/mol. The van der Waals surface area contributed by atoms with Crippen LogP contribution in [0.25, 0.3) is 0 Å². The Labute approximate surface area is 199 Å². The molecule has 0 saturated carbocycles. The largest absolute Gasteiger partial charge is 0.477 e. The van der Waals surface area contributed by atoms with Gasteiger partial charge in [-0.05, 0) is 25.0 Å². The van der Waals surface area contributed by atoms with E-state index in [1.54, 1.807) is 30.6 Å². The number of aromatic nitrogens is 3. The van der Waals surface area contributed by atoms with Crippen LogP contribution in [0.4, 0.5) is 0 Å². The quantitative estimate of drug-likeness (QED) is 0.371. The molecule has 1 aromatic carbocycles. The Morgan fingerprint density at radius 3 is 2.73 bits per heavy atom. The highest BCUT2D eigenvalue weighted by Crippen LogP contribution is 2.41. The van der Waals surface area contributed by atoms with Crippen LogP contribution in [0.2, 0.25) is 0 Å². The molecule has 4 N–H and O–H groups in total. The molecule has 3 heterocycles. The molecule has 1 fully saturated rings. The Hall–Kier alpha value is -2.83. The van der Waals surface area contributed by atoms with Crippen LogP contribution in [0, 0.1) is 0 Å². The Morgan fingerprint density at radius 1 is 1.33 bits per heavy atom. The summed E-state index contributed by atoms with van der Waals surface area (Å²) in [7, 11) is 0. The highest BCUT2D eigenvalue weighted by Gasteiger charge is 2.54. The van der Waals surface area contributed by atoms with Crippen molar-refractivity contribution < 1.29 is 19.5 Å². The number of hydrogen-bond acceptors (Lipinski definition) is 8. The molecular weight excluding hydrogens is 464 g/mol. The number of carbonyl (C=O) groups excluding carboxylic acids is 2. The van der Waals surface area contributed by atoms with Gasteiger partial charge in [0.05, 0.1) is 0 Å². The zero-order valence-electron chi connectivity index (χ0n) is 18.0. The second-order valence-electron chi connectivity index (χ2n) is 7.94. The summed E-state index contributed by atoms with van der Waals surface area (Å²) >= 11 is 2.81. The van der Waals surface area contributed by atoms with E-state index in [-0.39, 0.29) is 11.7 Å². The third kappa shape index (κ3) is 4.50. The lowest BCUT2D eigenvalue weighted by molar-refractivity contribution is -0.150. The lowest BCUT2D eigenvalue weighted by Crippen LogP contribution is -2.71. The zero-order valence-corrected chi connectivity index (χ0v) is 19.7. The van der Waals surface area contributed by atoms with Crippen molar-refractivity contribution in [1.82, 2.24) is 25.0 Å². The number of thioether (sulfide) groups is 2. The summed E-state index contributed by atoms with van der Waals surface area (Å²) in [4.78, 5) is 38.8. The van der Waals surface area contributed by atoms with E-state index in [0.717, 1.165) is 0 Å². The van der Waals surface area contributed by atoms with Crippen LogP contribution in [0.15, 0.2) is 53.1 Å². The van der Waals surface area contributed by atoms with Gasteiger partial charge in [0.1, 0.15) is 29.5 Å². The van der Waals surface area contributed by atoms with Gasteiger partial charge in [-0.25, -0.2) is 4.79 Å². The number of carboxylic acid groups (broad SMARTS) is 1. The summed E-state index contributed by atoms with van der Waals surface area (Å²) in [5.74, 6) is -1.30. The van der Waals surface area contributed by atoms with Crippen molar-refractivity contribution in [3.8, 4) is 0 Å². The molecule has 2 aliphatic rings. The molecule has 2 unspecified atom stereocenters. The molecule has 4 rings (SSSR count). The highest BCUT2D eigenvalue weighted by molar-refractivity contribution is 8.01. The third-order valence-electron chi connectivity index (χ3n) is 5.46. The molecule has 12 heteroatoms. The van der Waals surface area contributed by atoms with Crippen LogP contribution in [-0.2, 0) is 14.4 Å². The molecule has 1 saturated heterocycles. The minimum atomic E-state index is -1.17. The first-order valence-corrected chi connectivity index (χ1v) is 12.4. The molecule has 0 bridgehead atoms. The minimum Gasteiger partial charge on any atom is -0.477 e. The van der Waals surface area contributed by atoms with Crippen molar-refractivity contribution in [2.45, 2.75) is 42.5 Å². The maximum absolute atomic E-state index is 12.9. The third-order valence-corrected chi connectivity index (χ3v) is 7.84. The molecule has 174 valence electrons. The Kier molecular flexibility index (Phi) is 6.77. The molecule has 33 heavy (non-hydrogen) atoms. The molecule has 0 radical (unpaired) electrons. The van der Waals surface area contributed by atoms with E-state index in [1.807, 2.05) is 24.5 Å². The predicted octanol–water partition coefficient (Wildman–Crippen LogP) is 1.39. The summed E-state index contributed by atoms with van der Waals surface area (Å²) in [5.41, 5.74) is 7.27. The number of carboxylic acids is 1. The van der Waals surface area contributed by atoms with Crippen molar-refractivity contribution >= 4 is 41.3 Å². The van der Waals surface area contributed by atoms with Gasteiger partial charge in [-0.15, -0.1) is 22.0 Å². The molecule has 0 spiro atoms. The number of benzene rings is 1. The number of amides is 2. The van der Waals surface area contributed by atoms with E-state index >= 15 is 0 Å². The fourth-order valence-corrected chi connectivity index (χ4v) is 6.22. The number of nitrogens with one attached hydrogen (secondary N) is 1. The Bertz CT molecular complexity index is 1100. The Morgan fingerprint density at radius 2 is 2.06 bits per heavy atom. The number of rotatable bonds is 8. The smallest absolute Gasteiger partial charge is 0.352 e. The fourth-order valence-electron chi connectivity index (χ4n) is 3.69. The average Bonchev–Trinajstić information content (AvgIpc) is 3.29. The SMILES string of the molecule is CC(C)n1cnnc1SCC1=C(C(=O)O)N2C(=O)C(NC(=O)C(N)c3ccccc3)[C@@H]2SC1. The van der Waals surface area contributed by atoms with Gasteiger partial charge >= 0.3 is 5.97 Å². The van der Waals surface area contributed by atoms with Crippen molar-refractivity contribution in [2.75, 3.05) is 11.5 Å². The molecule has 1 aromatic heterocycles. The second-order valence-corrected chi connectivity index (χ2v) is 9.99. The van der Waals surface area contributed by atoms with Crippen LogP contribution in [-0.4, -0.2) is 65.5 Å². The van der Waals surface area contributed by atoms with Gasteiger partial charge in [0, 0.05) is 17.5 Å². The number of nitrogens with two attached hydrogens (primary N) is 1. The molecular formula is C21H24N6O4S2. The van der Waals surface area contributed by atoms with E-state index in [1.165, 1.54) is 28.4 Å². The van der Waals surface area contributed by atoms with Crippen molar-refractivity contribution in [3.05, 3.63) is 53.5 Å². The summed E-state index contributed by atoms with van der Waals surface area (Å²) in [6.07, 6.45) is 1.64. The van der Waals surface area contributed by atoms with E-state index in [9.17, 15) is 19.5 Å². The number of carbonyl (C=O) groups is 3. The predicted molar refractivity (Wildman–Crippen MR) is 124 cm³/mol. The van der Waals surface area contributed by atoms with Gasteiger partial charge in [-0.2, -0.15) is 0 Å². The van der Waals surface area contributed by atoms with E-state index in [4.69, 9.17) is 5.73 Å². The van der Waals surface area contributed by atoms with Gasteiger partial charge in [0.15, 0.2) is 5.16 Å². The lowest BCUT2D eigenvalue weighted by Gasteiger charge is -2.49. The molecule has 2 amide bonds.